The van der Waals surface area contributed by atoms with Crippen molar-refractivity contribution in [3.05, 3.63) is 35.4 Å². The standard InChI is InChI=1S/C8H7ClOS/c9-5-6-1-3-7(4-2-6)8(10)11/h1-4H,5H2,(H,10,11). The summed E-state index contributed by atoms with van der Waals surface area (Å²) in [4.78, 5) is 10.7. The van der Waals surface area contributed by atoms with Crippen LogP contribution < -0.4 is 0 Å². The fourth-order valence-corrected chi connectivity index (χ4v) is 1.06. The molecular formula is C8H7ClOS. The maximum atomic E-state index is 10.7. The topological polar surface area (TPSA) is 17.1 Å². The van der Waals surface area contributed by atoms with Crippen molar-refractivity contribution >= 4 is 29.3 Å². The largest absolute Gasteiger partial charge is 0.282 e. The van der Waals surface area contributed by atoms with Crippen LogP contribution in [0.25, 0.3) is 0 Å². The highest BCUT2D eigenvalue weighted by Gasteiger charge is 1.97. The third kappa shape index (κ3) is 2.24. The third-order valence-corrected chi connectivity index (χ3v) is 1.92. The first kappa shape index (κ1) is 8.62. The first-order valence-electron chi connectivity index (χ1n) is 3.12. The number of halogens is 1. The van der Waals surface area contributed by atoms with E-state index in [9.17, 15) is 4.79 Å². The summed E-state index contributed by atoms with van der Waals surface area (Å²) in [5, 5.41) is -0.217. The number of carbonyl (C=O) groups excluding carboxylic acids is 1. The molecule has 11 heavy (non-hydrogen) atoms. The monoisotopic (exact) mass is 186 g/mol. The molecule has 0 fully saturated rings. The van der Waals surface area contributed by atoms with E-state index in [1.807, 2.05) is 12.1 Å². The number of benzene rings is 1. The van der Waals surface area contributed by atoms with Crippen molar-refractivity contribution in [1.29, 1.82) is 0 Å². The second kappa shape index (κ2) is 3.79. The minimum absolute atomic E-state index is 0.217. The van der Waals surface area contributed by atoms with E-state index in [1.54, 1.807) is 12.1 Å². The van der Waals surface area contributed by atoms with Crippen LogP contribution in [0.3, 0.4) is 0 Å². The van der Waals surface area contributed by atoms with Gasteiger partial charge < -0.3 is 0 Å². The average Bonchev–Trinajstić information content (AvgIpc) is 2.05. The smallest absolute Gasteiger partial charge is 0.216 e. The van der Waals surface area contributed by atoms with Crippen molar-refractivity contribution in [1.82, 2.24) is 0 Å². The maximum Gasteiger partial charge on any atom is 0.216 e. The molecular weight excluding hydrogens is 180 g/mol. The summed E-state index contributed by atoms with van der Waals surface area (Å²) in [5.74, 6) is 0.473. The quantitative estimate of drug-likeness (QED) is 0.555. The zero-order chi connectivity index (χ0) is 8.27. The van der Waals surface area contributed by atoms with Crippen molar-refractivity contribution in [2.24, 2.45) is 0 Å². The molecule has 3 heteroatoms. The van der Waals surface area contributed by atoms with E-state index in [-0.39, 0.29) is 5.12 Å². The highest BCUT2D eigenvalue weighted by Crippen LogP contribution is 2.08. The molecule has 0 aliphatic carbocycles. The second-order valence-electron chi connectivity index (χ2n) is 2.14. The van der Waals surface area contributed by atoms with E-state index in [1.165, 1.54) is 0 Å². The van der Waals surface area contributed by atoms with Crippen LogP contribution in [0.1, 0.15) is 15.9 Å². The summed E-state index contributed by atoms with van der Waals surface area (Å²) < 4.78 is 0. The Morgan fingerprint density at radius 2 is 1.91 bits per heavy atom. The fourth-order valence-electron chi connectivity index (χ4n) is 0.736. The molecule has 0 aromatic heterocycles. The number of carbonyl (C=O) groups is 1. The predicted octanol–water partition coefficient (Wildman–Crippen LogP) is 2.50. The van der Waals surface area contributed by atoms with E-state index < -0.39 is 0 Å². The van der Waals surface area contributed by atoms with E-state index in [0.29, 0.717) is 11.4 Å². The van der Waals surface area contributed by atoms with E-state index in [0.717, 1.165) is 5.56 Å². The molecule has 0 saturated heterocycles. The Bertz CT molecular complexity index is 255. The molecule has 1 nitrogen and oxygen atoms in total. The van der Waals surface area contributed by atoms with Gasteiger partial charge in [0, 0.05) is 11.4 Å². The van der Waals surface area contributed by atoms with Crippen LogP contribution in [0.5, 0.6) is 0 Å². The van der Waals surface area contributed by atoms with Gasteiger partial charge in [0.15, 0.2) is 0 Å². The molecule has 0 heterocycles. The Hall–Kier alpha value is -0.470. The predicted molar refractivity (Wildman–Crippen MR) is 49.3 cm³/mol. The number of hydrogen-bond donors (Lipinski definition) is 1. The highest BCUT2D eigenvalue weighted by atomic mass is 35.5. The van der Waals surface area contributed by atoms with E-state index >= 15 is 0 Å². The van der Waals surface area contributed by atoms with Crippen LogP contribution in [0.2, 0.25) is 0 Å². The first-order valence-corrected chi connectivity index (χ1v) is 4.10. The van der Waals surface area contributed by atoms with Gasteiger partial charge in [-0.3, -0.25) is 4.79 Å². The Kier molecular flexibility index (Phi) is 2.97. The lowest BCUT2D eigenvalue weighted by Crippen LogP contribution is -1.88. The summed E-state index contributed by atoms with van der Waals surface area (Å²) in [6.07, 6.45) is 0. The lowest BCUT2D eigenvalue weighted by molar-refractivity contribution is 0.109. The van der Waals surface area contributed by atoms with Gasteiger partial charge in [-0.1, -0.05) is 24.3 Å². The van der Waals surface area contributed by atoms with Gasteiger partial charge in [-0.15, -0.1) is 24.2 Å². The molecule has 0 spiro atoms. The molecule has 0 atom stereocenters. The van der Waals surface area contributed by atoms with Crippen LogP contribution in [-0.2, 0) is 5.88 Å². The number of alkyl halides is 1. The van der Waals surface area contributed by atoms with Crippen molar-refractivity contribution in [3.8, 4) is 0 Å². The molecule has 0 unspecified atom stereocenters. The third-order valence-electron chi connectivity index (χ3n) is 1.36. The Labute approximate surface area is 75.8 Å². The lowest BCUT2D eigenvalue weighted by Gasteiger charge is -1.95. The van der Waals surface area contributed by atoms with Gasteiger partial charge in [-0.05, 0) is 5.56 Å². The molecule has 0 N–H and O–H groups in total. The summed E-state index contributed by atoms with van der Waals surface area (Å²) in [6, 6.07) is 7.06. The molecule has 0 saturated carbocycles. The van der Waals surface area contributed by atoms with Gasteiger partial charge in [-0.25, -0.2) is 0 Å². The number of hydrogen-bond acceptors (Lipinski definition) is 1. The van der Waals surface area contributed by atoms with Gasteiger partial charge in [0.05, 0.1) is 0 Å². The summed E-state index contributed by atoms with van der Waals surface area (Å²) in [5.41, 5.74) is 1.60. The molecule has 58 valence electrons. The molecule has 0 bridgehead atoms. The summed E-state index contributed by atoms with van der Waals surface area (Å²) in [6.45, 7) is 0. The zero-order valence-corrected chi connectivity index (χ0v) is 7.40. The maximum absolute atomic E-state index is 10.7. The lowest BCUT2D eigenvalue weighted by atomic mass is 10.2. The molecule has 0 amide bonds. The fraction of sp³-hybridized carbons (Fsp3) is 0.125. The minimum Gasteiger partial charge on any atom is -0.282 e. The summed E-state index contributed by atoms with van der Waals surface area (Å²) in [7, 11) is 0. The van der Waals surface area contributed by atoms with Gasteiger partial charge in [0.1, 0.15) is 0 Å². The molecule has 0 radical (unpaired) electrons. The van der Waals surface area contributed by atoms with Crippen LogP contribution in [0.4, 0.5) is 0 Å². The van der Waals surface area contributed by atoms with Crippen molar-refractivity contribution in [2.75, 3.05) is 0 Å². The van der Waals surface area contributed by atoms with Crippen molar-refractivity contribution in [2.45, 2.75) is 5.88 Å². The van der Waals surface area contributed by atoms with Gasteiger partial charge in [0.25, 0.3) is 0 Å². The number of rotatable bonds is 2. The van der Waals surface area contributed by atoms with Gasteiger partial charge in [0.2, 0.25) is 5.12 Å². The minimum atomic E-state index is -0.217. The normalized spacial score (nSPS) is 9.64. The second-order valence-corrected chi connectivity index (χ2v) is 2.81. The molecule has 0 aliphatic heterocycles. The van der Waals surface area contributed by atoms with Crippen molar-refractivity contribution in [3.63, 3.8) is 0 Å². The zero-order valence-electron chi connectivity index (χ0n) is 5.75. The Balaban J connectivity index is 2.91. The Morgan fingerprint density at radius 1 is 1.36 bits per heavy atom. The highest BCUT2D eigenvalue weighted by molar-refractivity contribution is 7.97. The molecule has 1 aromatic rings. The number of thiol groups is 1. The Morgan fingerprint density at radius 3 is 2.27 bits per heavy atom. The van der Waals surface area contributed by atoms with E-state index in [2.05, 4.69) is 12.6 Å². The molecule has 1 aromatic carbocycles. The SMILES string of the molecule is O=C(S)c1ccc(CCl)cc1. The van der Waals surface area contributed by atoms with Crippen LogP contribution >= 0.6 is 24.2 Å². The van der Waals surface area contributed by atoms with Crippen LogP contribution in [-0.4, -0.2) is 5.12 Å². The van der Waals surface area contributed by atoms with Gasteiger partial charge >= 0.3 is 0 Å². The molecule has 1 rings (SSSR count). The summed E-state index contributed by atoms with van der Waals surface area (Å²) >= 11 is 9.23. The van der Waals surface area contributed by atoms with Crippen LogP contribution in [0.15, 0.2) is 24.3 Å². The van der Waals surface area contributed by atoms with Gasteiger partial charge in [-0.2, -0.15) is 0 Å². The average molecular weight is 187 g/mol. The first-order chi connectivity index (χ1) is 5.24. The molecule has 0 aliphatic rings. The van der Waals surface area contributed by atoms with Crippen LogP contribution in [0, 0.1) is 0 Å². The van der Waals surface area contributed by atoms with Crippen molar-refractivity contribution < 1.29 is 4.79 Å². The van der Waals surface area contributed by atoms with E-state index in [4.69, 9.17) is 11.6 Å².